The van der Waals surface area contributed by atoms with E-state index in [-0.39, 0.29) is 17.9 Å². The van der Waals surface area contributed by atoms with Gasteiger partial charge in [-0.1, -0.05) is 26.0 Å². The normalized spacial score (nSPS) is 10.3. The Morgan fingerprint density at radius 1 is 1.13 bits per heavy atom. The molecule has 0 saturated carbocycles. The van der Waals surface area contributed by atoms with Crippen LogP contribution in [0.25, 0.3) is 11.3 Å². The number of amides is 1. The first-order chi connectivity index (χ1) is 15.0. The summed E-state index contributed by atoms with van der Waals surface area (Å²) in [6.07, 6.45) is 0. The van der Waals surface area contributed by atoms with Gasteiger partial charge in [0.05, 0.1) is 30.1 Å². The van der Waals surface area contributed by atoms with Crippen molar-refractivity contribution in [1.82, 2.24) is 15.5 Å². The summed E-state index contributed by atoms with van der Waals surface area (Å²) in [7, 11) is 0. The van der Waals surface area contributed by atoms with E-state index in [2.05, 4.69) is 20.3 Å². The molecule has 6 nitrogen and oxygen atoms in total. The minimum atomic E-state index is -3.04. The van der Waals surface area contributed by atoms with Gasteiger partial charge in [-0.25, -0.2) is 4.39 Å². The van der Waals surface area contributed by atoms with Crippen LogP contribution in [0.4, 0.5) is 13.2 Å². The molecule has 31 heavy (non-hydrogen) atoms. The van der Waals surface area contributed by atoms with Gasteiger partial charge >= 0.3 is 6.61 Å². The lowest BCUT2D eigenvalue weighted by Gasteiger charge is -2.10. The largest absolute Gasteiger partial charge is 0.493 e. The van der Waals surface area contributed by atoms with Crippen LogP contribution in [0.15, 0.2) is 48.5 Å². The van der Waals surface area contributed by atoms with E-state index < -0.39 is 18.3 Å². The average Bonchev–Trinajstić information content (AvgIpc) is 3.24. The maximum atomic E-state index is 13.6. The van der Waals surface area contributed by atoms with Crippen LogP contribution in [0.5, 0.6) is 11.5 Å². The Hall–Kier alpha value is -3.49. The number of carbonyl (C=O) groups excluding carboxylic acids is 1. The topological polar surface area (TPSA) is 76.2 Å². The predicted octanol–water partition coefficient (Wildman–Crippen LogP) is 5.17. The highest BCUT2D eigenvalue weighted by Crippen LogP contribution is 2.30. The molecule has 3 aromatic rings. The fourth-order valence-electron chi connectivity index (χ4n) is 2.70. The second-order valence-electron chi connectivity index (χ2n) is 5.91. The van der Waals surface area contributed by atoms with E-state index in [4.69, 9.17) is 4.74 Å². The predicted molar refractivity (Wildman–Crippen MR) is 111 cm³/mol. The third-order valence-corrected chi connectivity index (χ3v) is 3.94. The van der Waals surface area contributed by atoms with Gasteiger partial charge in [-0.3, -0.25) is 9.89 Å². The number of carbonyl (C=O) groups is 1. The average molecular weight is 435 g/mol. The van der Waals surface area contributed by atoms with Crippen molar-refractivity contribution in [3.8, 4) is 22.8 Å². The quantitative estimate of drug-likeness (QED) is 0.512. The Kier molecular flexibility index (Phi) is 8.93. The Morgan fingerprint density at radius 3 is 2.58 bits per heavy atom. The summed E-state index contributed by atoms with van der Waals surface area (Å²) in [6.45, 7) is 3.24. The van der Waals surface area contributed by atoms with Crippen molar-refractivity contribution in [2.45, 2.75) is 33.9 Å². The van der Waals surface area contributed by atoms with Crippen molar-refractivity contribution in [2.75, 3.05) is 6.61 Å². The molecule has 0 saturated heterocycles. The molecule has 2 N–H and O–H groups in total. The summed E-state index contributed by atoms with van der Waals surface area (Å²) in [5.74, 6) is -0.754. The number of aromatic nitrogens is 2. The molecule has 0 bridgehead atoms. The zero-order valence-electron chi connectivity index (χ0n) is 17.4. The Morgan fingerprint density at radius 2 is 1.87 bits per heavy atom. The van der Waals surface area contributed by atoms with E-state index in [1.165, 1.54) is 36.4 Å². The number of para-hydroxylation sites is 1. The summed E-state index contributed by atoms with van der Waals surface area (Å²) in [4.78, 5) is 12.3. The molecular weight excluding hydrogens is 411 g/mol. The van der Waals surface area contributed by atoms with Gasteiger partial charge in [0.25, 0.3) is 5.91 Å². The highest BCUT2D eigenvalue weighted by atomic mass is 19.3. The van der Waals surface area contributed by atoms with Crippen LogP contribution >= 0.6 is 0 Å². The van der Waals surface area contributed by atoms with Crippen molar-refractivity contribution < 1.29 is 27.4 Å². The number of nitrogens with one attached hydrogen (secondary N) is 2. The zero-order valence-corrected chi connectivity index (χ0v) is 17.4. The van der Waals surface area contributed by atoms with Gasteiger partial charge in [0.1, 0.15) is 17.3 Å². The second-order valence-corrected chi connectivity index (χ2v) is 5.91. The third-order valence-electron chi connectivity index (χ3n) is 3.94. The molecule has 3 rings (SSSR count). The van der Waals surface area contributed by atoms with E-state index >= 15 is 0 Å². The molecule has 1 heterocycles. The Balaban J connectivity index is 0.00000166. The van der Waals surface area contributed by atoms with E-state index in [0.717, 1.165) is 0 Å². The molecule has 0 aliphatic carbocycles. The lowest BCUT2D eigenvalue weighted by molar-refractivity contribution is -0.0501. The van der Waals surface area contributed by atoms with Crippen molar-refractivity contribution in [2.24, 2.45) is 0 Å². The van der Waals surface area contributed by atoms with Crippen LogP contribution in [-0.2, 0) is 6.54 Å². The van der Waals surface area contributed by atoms with E-state index in [0.29, 0.717) is 29.3 Å². The molecule has 166 valence electrons. The molecule has 0 atom stereocenters. The van der Waals surface area contributed by atoms with Crippen molar-refractivity contribution in [1.29, 1.82) is 0 Å². The van der Waals surface area contributed by atoms with Crippen LogP contribution < -0.4 is 14.8 Å². The molecule has 1 aromatic heterocycles. The van der Waals surface area contributed by atoms with Gasteiger partial charge in [-0.05, 0) is 43.3 Å². The molecule has 0 fully saturated rings. The molecule has 0 aliphatic heterocycles. The zero-order chi connectivity index (χ0) is 22.8. The number of halogens is 3. The number of ether oxygens (including phenoxy) is 2. The maximum absolute atomic E-state index is 13.6. The second kappa shape index (κ2) is 11.6. The smallest absolute Gasteiger partial charge is 0.387 e. The summed E-state index contributed by atoms with van der Waals surface area (Å²) in [6, 6.07) is 11.5. The van der Waals surface area contributed by atoms with E-state index in [9.17, 15) is 18.0 Å². The lowest BCUT2D eigenvalue weighted by atomic mass is 10.1. The number of aromatic amines is 1. The first-order valence-electron chi connectivity index (χ1n) is 9.77. The molecule has 0 unspecified atom stereocenters. The summed E-state index contributed by atoms with van der Waals surface area (Å²) >= 11 is 0. The van der Waals surface area contributed by atoms with Crippen molar-refractivity contribution >= 4 is 5.91 Å². The third kappa shape index (κ3) is 6.50. The van der Waals surface area contributed by atoms with Crippen molar-refractivity contribution in [3.63, 3.8) is 0 Å². The first kappa shape index (κ1) is 23.8. The fourth-order valence-corrected chi connectivity index (χ4v) is 2.70. The SMILES string of the molecule is CC.CCOc1ccc(F)cc1-c1cc(CNC(=O)c2ccccc2OC(F)F)[nH]n1. The number of benzene rings is 2. The van der Waals surface area contributed by atoms with Crippen molar-refractivity contribution in [3.05, 3.63) is 65.6 Å². The molecule has 0 spiro atoms. The number of nitrogens with zero attached hydrogens (tertiary/aromatic N) is 1. The number of alkyl halides is 2. The lowest BCUT2D eigenvalue weighted by Crippen LogP contribution is -2.24. The maximum Gasteiger partial charge on any atom is 0.387 e. The highest BCUT2D eigenvalue weighted by molar-refractivity contribution is 5.96. The first-order valence-corrected chi connectivity index (χ1v) is 9.77. The monoisotopic (exact) mass is 435 g/mol. The molecular formula is C22H24F3N3O3. The minimum absolute atomic E-state index is 0.0173. The molecule has 1 amide bonds. The summed E-state index contributed by atoms with van der Waals surface area (Å²) in [5.41, 5.74) is 1.43. The summed E-state index contributed by atoms with van der Waals surface area (Å²) < 4.78 is 48.5. The molecule has 2 aromatic carbocycles. The van der Waals surface area contributed by atoms with Gasteiger partial charge in [-0.15, -0.1) is 0 Å². The Labute approximate surface area is 178 Å². The fraction of sp³-hybridized carbons (Fsp3) is 0.273. The number of hydrogen-bond acceptors (Lipinski definition) is 4. The van der Waals surface area contributed by atoms with Gasteiger partial charge in [0, 0.05) is 5.56 Å². The van der Waals surface area contributed by atoms with Gasteiger partial charge < -0.3 is 14.8 Å². The van der Waals surface area contributed by atoms with Crippen LogP contribution in [0.1, 0.15) is 36.8 Å². The molecule has 0 radical (unpaired) electrons. The Bertz CT molecular complexity index is 993. The number of rotatable bonds is 8. The van der Waals surface area contributed by atoms with E-state index in [1.54, 1.807) is 12.1 Å². The van der Waals surface area contributed by atoms with Gasteiger partial charge in [0.2, 0.25) is 0 Å². The van der Waals surface area contributed by atoms with Gasteiger partial charge in [-0.2, -0.15) is 13.9 Å². The molecule has 0 aliphatic rings. The van der Waals surface area contributed by atoms with Crippen LogP contribution in [0.3, 0.4) is 0 Å². The van der Waals surface area contributed by atoms with Crippen LogP contribution in [0.2, 0.25) is 0 Å². The minimum Gasteiger partial charge on any atom is -0.493 e. The van der Waals surface area contributed by atoms with Crippen LogP contribution in [0, 0.1) is 5.82 Å². The number of H-pyrrole nitrogens is 1. The summed E-state index contributed by atoms with van der Waals surface area (Å²) in [5, 5.41) is 9.49. The number of hydrogen-bond donors (Lipinski definition) is 2. The molecule has 9 heteroatoms. The van der Waals surface area contributed by atoms with E-state index in [1.807, 2.05) is 20.8 Å². The highest BCUT2D eigenvalue weighted by Gasteiger charge is 2.16. The standard InChI is InChI=1S/C20H18F3N3O3.C2H6/c1-2-28-17-8-7-12(21)9-15(17)16-10-13(25-26-16)11-24-19(27)14-5-3-4-6-18(14)29-20(22)23;1-2/h3-10,20H,2,11H2,1H3,(H,24,27)(H,25,26);1-2H3. The van der Waals surface area contributed by atoms with Gasteiger partial charge in [0.15, 0.2) is 0 Å². The van der Waals surface area contributed by atoms with Crippen LogP contribution in [-0.4, -0.2) is 29.3 Å².